The van der Waals surface area contributed by atoms with Crippen molar-refractivity contribution in [3.63, 3.8) is 0 Å². The van der Waals surface area contributed by atoms with Gasteiger partial charge in [0.15, 0.2) is 17.3 Å². The first kappa shape index (κ1) is 15.3. The van der Waals surface area contributed by atoms with Gasteiger partial charge in [0, 0.05) is 12.0 Å². The number of carbonyl (C=O) groups excluding carboxylic acids is 1. The van der Waals surface area contributed by atoms with E-state index in [1.807, 2.05) is 6.07 Å². The lowest BCUT2D eigenvalue weighted by Crippen LogP contribution is -2.54. The lowest BCUT2D eigenvalue weighted by molar-refractivity contribution is -0.0687. The van der Waals surface area contributed by atoms with E-state index in [4.69, 9.17) is 4.74 Å². The quantitative estimate of drug-likeness (QED) is 0.837. The van der Waals surface area contributed by atoms with Crippen molar-refractivity contribution >= 4 is 5.78 Å². The molecule has 0 spiro atoms. The highest BCUT2D eigenvalue weighted by Crippen LogP contribution is 2.57. The fraction of sp³-hybridized carbons (Fsp3) is 0.611. The van der Waals surface area contributed by atoms with Crippen molar-refractivity contribution < 1.29 is 19.7 Å². The molecule has 4 nitrogen and oxygen atoms in total. The molecule has 1 fully saturated rings. The van der Waals surface area contributed by atoms with Gasteiger partial charge >= 0.3 is 0 Å². The Bertz CT molecular complexity index is 634. The van der Waals surface area contributed by atoms with Crippen LogP contribution in [0.25, 0.3) is 0 Å². The van der Waals surface area contributed by atoms with E-state index in [0.29, 0.717) is 17.7 Å². The zero-order chi connectivity index (χ0) is 16.3. The highest BCUT2D eigenvalue weighted by atomic mass is 16.5. The molecule has 2 aliphatic carbocycles. The van der Waals surface area contributed by atoms with Crippen molar-refractivity contribution in [1.82, 2.24) is 0 Å². The molecule has 0 aliphatic heterocycles. The summed E-state index contributed by atoms with van der Waals surface area (Å²) in [5.41, 5.74) is 1.05. The van der Waals surface area contributed by atoms with Crippen molar-refractivity contribution in [2.75, 3.05) is 7.11 Å². The first-order chi connectivity index (χ1) is 10.2. The molecule has 4 heteroatoms. The Hall–Kier alpha value is -1.55. The smallest absolute Gasteiger partial charge is 0.163 e. The summed E-state index contributed by atoms with van der Waals surface area (Å²) >= 11 is 0. The van der Waals surface area contributed by atoms with E-state index in [9.17, 15) is 15.0 Å². The maximum atomic E-state index is 12.6. The van der Waals surface area contributed by atoms with Crippen LogP contribution in [0, 0.1) is 11.3 Å². The fourth-order valence-electron chi connectivity index (χ4n) is 4.58. The van der Waals surface area contributed by atoms with Crippen LogP contribution >= 0.6 is 0 Å². The number of methoxy groups -OCH3 is 1. The number of ketones is 1. The Labute approximate surface area is 131 Å². The minimum Gasteiger partial charge on any atom is -0.504 e. The highest BCUT2D eigenvalue weighted by Gasteiger charge is 2.55. The average molecular weight is 304 g/mol. The normalized spacial score (nSPS) is 33.0. The summed E-state index contributed by atoms with van der Waals surface area (Å²) < 4.78 is 5.23. The van der Waals surface area contributed by atoms with Gasteiger partial charge in [-0.25, -0.2) is 0 Å². The van der Waals surface area contributed by atoms with Gasteiger partial charge in [0.1, 0.15) is 0 Å². The molecule has 0 aromatic heterocycles. The average Bonchev–Trinajstić information content (AvgIpc) is 2.46. The van der Waals surface area contributed by atoms with Crippen LogP contribution in [0.5, 0.6) is 11.5 Å². The number of benzene rings is 1. The van der Waals surface area contributed by atoms with E-state index in [0.717, 1.165) is 18.4 Å². The van der Waals surface area contributed by atoms with Crippen LogP contribution in [0.4, 0.5) is 0 Å². The monoisotopic (exact) mass is 304 g/mol. The molecule has 3 rings (SSSR count). The summed E-state index contributed by atoms with van der Waals surface area (Å²) in [5.74, 6) is 0.528. The second kappa shape index (κ2) is 4.72. The second-order valence-corrected chi connectivity index (χ2v) is 7.54. The third kappa shape index (κ3) is 1.89. The summed E-state index contributed by atoms with van der Waals surface area (Å²) in [5, 5.41) is 20.4. The SMILES string of the molecule is COc1cc2c(cc1O)C(=O)CC1C2(C)CCC(O)C1(C)C. The van der Waals surface area contributed by atoms with E-state index < -0.39 is 0 Å². The molecule has 3 atom stereocenters. The van der Waals surface area contributed by atoms with Crippen molar-refractivity contribution in [2.24, 2.45) is 11.3 Å². The van der Waals surface area contributed by atoms with E-state index >= 15 is 0 Å². The Kier molecular flexibility index (Phi) is 3.29. The zero-order valence-electron chi connectivity index (χ0n) is 13.6. The van der Waals surface area contributed by atoms with Gasteiger partial charge < -0.3 is 14.9 Å². The minimum absolute atomic E-state index is 0.00625. The minimum atomic E-state index is -0.390. The van der Waals surface area contributed by atoms with Crippen LogP contribution in [0.1, 0.15) is 56.0 Å². The molecule has 2 N–H and O–H groups in total. The molecule has 0 radical (unpaired) electrons. The topological polar surface area (TPSA) is 66.8 Å². The molecule has 1 aromatic rings. The molecule has 22 heavy (non-hydrogen) atoms. The van der Waals surface area contributed by atoms with Gasteiger partial charge in [-0.2, -0.15) is 0 Å². The molecule has 0 bridgehead atoms. The first-order valence-corrected chi connectivity index (χ1v) is 7.84. The molecule has 1 aromatic carbocycles. The molecule has 1 saturated carbocycles. The van der Waals surface area contributed by atoms with Crippen LogP contribution in [-0.4, -0.2) is 29.2 Å². The lowest BCUT2D eigenvalue weighted by Gasteiger charge is -2.55. The van der Waals surface area contributed by atoms with Crippen molar-refractivity contribution in [2.45, 2.75) is 51.6 Å². The Morgan fingerprint density at radius 2 is 1.95 bits per heavy atom. The summed E-state index contributed by atoms with van der Waals surface area (Å²) in [6.07, 6.45) is 1.58. The number of Topliss-reactive ketones (excluding diaryl/α,β-unsaturated/α-hetero) is 1. The second-order valence-electron chi connectivity index (χ2n) is 7.54. The van der Waals surface area contributed by atoms with Crippen molar-refractivity contribution in [3.05, 3.63) is 23.3 Å². The molecular formula is C18H24O4. The standard InChI is InChI=1S/C18H24O4/c1-17(2)15-9-12(19)10-7-13(20)14(22-4)8-11(10)18(15,3)6-5-16(17)21/h7-8,15-16,20-21H,5-6,9H2,1-4H3. The van der Waals surface area contributed by atoms with E-state index in [2.05, 4.69) is 20.8 Å². The molecular weight excluding hydrogens is 280 g/mol. The number of rotatable bonds is 1. The summed E-state index contributed by atoms with van der Waals surface area (Å²) in [7, 11) is 1.51. The van der Waals surface area contributed by atoms with Gasteiger partial charge in [-0.15, -0.1) is 0 Å². The third-order valence-electron chi connectivity index (χ3n) is 6.09. The zero-order valence-corrected chi connectivity index (χ0v) is 13.6. The van der Waals surface area contributed by atoms with Crippen molar-refractivity contribution in [1.29, 1.82) is 0 Å². The molecule has 0 heterocycles. The van der Waals surface area contributed by atoms with Gasteiger partial charge in [-0.3, -0.25) is 4.79 Å². The van der Waals surface area contributed by atoms with Gasteiger partial charge in [0.2, 0.25) is 0 Å². The first-order valence-electron chi connectivity index (χ1n) is 7.84. The Morgan fingerprint density at radius 1 is 1.27 bits per heavy atom. The van der Waals surface area contributed by atoms with Gasteiger partial charge in [-0.05, 0) is 47.3 Å². The number of phenolic OH excluding ortho intramolecular Hbond substituents is 1. The molecule has 120 valence electrons. The number of aliphatic hydroxyl groups is 1. The Balaban J connectivity index is 2.21. The predicted octanol–water partition coefficient (Wildman–Crippen LogP) is 3.04. The van der Waals surface area contributed by atoms with Gasteiger partial charge in [0.25, 0.3) is 0 Å². The van der Waals surface area contributed by atoms with E-state index in [1.165, 1.54) is 13.2 Å². The Morgan fingerprint density at radius 3 is 2.59 bits per heavy atom. The maximum absolute atomic E-state index is 12.6. The number of phenols is 1. The predicted molar refractivity (Wildman–Crippen MR) is 83.5 cm³/mol. The van der Waals surface area contributed by atoms with Crippen LogP contribution in [0.3, 0.4) is 0 Å². The van der Waals surface area contributed by atoms with Gasteiger partial charge in [0.05, 0.1) is 13.2 Å². The van der Waals surface area contributed by atoms with Crippen LogP contribution < -0.4 is 4.74 Å². The number of hydrogen-bond donors (Lipinski definition) is 2. The number of ether oxygens (including phenoxy) is 1. The van der Waals surface area contributed by atoms with Crippen LogP contribution in [0.2, 0.25) is 0 Å². The fourth-order valence-corrected chi connectivity index (χ4v) is 4.58. The van der Waals surface area contributed by atoms with E-state index in [1.54, 1.807) is 0 Å². The lowest BCUT2D eigenvalue weighted by atomic mass is 9.49. The van der Waals surface area contributed by atoms with Crippen LogP contribution in [-0.2, 0) is 5.41 Å². The molecule has 3 unspecified atom stereocenters. The third-order valence-corrected chi connectivity index (χ3v) is 6.09. The maximum Gasteiger partial charge on any atom is 0.163 e. The van der Waals surface area contributed by atoms with Crippen molar-refractivity contribution in [3.8, 4) is 11.5 Å². The number of fused-ring (bicyclic) bond motifs is 3. The number of carbonyl (C=O) groups is 1. The number of hydrogen-bond acceptors (Lipinski definition) is 4. The largest absolute Gasteiger partial charge is 0.504 e. The molecule has 2 aliphatic rings. The van der Waals surface area contributed by atoms with Gasteiger partial charge in [-0.1, -0.05) is 20.8 Å². The van der Waals surface area contributed by atoms with E-state index in [-0.39, 0.29) is 34.4 Å². The summed E-state index contributed by atoms with van der Waals surface area (Å²) in [6.45, 7) is 6.28. The summed E-state index contributed by atoms with van der Waals surface area (Å²) in [6, 6.07) is 3.35. The molecule has 0 amide bonds. The highest BCUT2D eigenvalue weighted by molar-refractivity contribution is 6.00. The molecule has 0 saturated heterocycles. The number of aromatic hydroxyl groups is 1. The summed E-state index contributed by atoms with van der Waals surface area (Å²) in [4.78, 5) is 12.6. The van der Waals surface area contributed by atoms with Crippen LogP contribution in [0.15, 0.2) is 12.1 Å². The number of aliphatic hydroxyl groups excluding tert-OH is 1.